The number of carboxylic acid groups (broad SMARTS) is 1. The van der Waals surface area contributed by atoms with E-state index in [0.717, 1.165) is 0 Å². The lowest BCUT2D eigenvalue weighted by Gasteiger charge is -2.24. The van der Waals surface area contributed by atoms with Crippen LogP contribution in [0.25, 0.3) is 0 Å². The van der Waals surface area contributed by atoms with E-state index in [2.05, 4.69) is 28.6 Å². The highest BCUT2D eigenvalue weighted by Crippen LogP contribution is 2.12. The number of phenolic OH excluding ortho intramolecular Hbond substituents is 1. The molecular weight excluding hydrogens is 450 g/mol. The van der Waals surface area contributed by atoms with Gasteiger partial charge in [0.25, 0.3) is 0 Å². The quantitative estimate of drug-likeness (QED) is 0.120. The van der Waals surface area contributed by atoms with Crippen LogP contribution in [0.1, 0.15) is 31.7 Å². The van der Waals surface area contributed by atoms with E-state index >= 15 is 0 Å². The van der Waals surface area contributed by atoms with Crippen molar-refractivity contribution in [3.63, 3.8) is 0 Å². The maximum Gasteiger partial charge on any atom is 0.326 e. The average molecular weight is 484 g/mol. The number of amides is 3. The number of nitrogens with one attached hydrogen (secondary N) is 3. The average Bonchev–Trinajstić information content (AvgIpc) is 2.77. The highest BCUT2D eigenvalue weighted by Gasteiger charge is 2.29. The number of rotatable bonds is 14. The number of carbonyl (C=O) groups excluding carboxylic acids is 3. The van der Waals surface area contributed by atoms with E-state index in [0.29, 0.717) is 24.9 Å². The second-order valence-corrected chi connectivity index (χ2v) is 8.01. The Morgan fingerprint density at radius 3 is 2.00 bits per heavy atom. The molecule has 184 valence electrons. The van der Waals surface area contributed by atoms with Gasteiger partial charge in [0.05, 0.1) is 6.04 Å². The van der Waals surface area contributed by atoms with Crippen LogP contribution in [0, 0.1) is 0 Å². The van der Waals surface area contributed by atoms with Gasteiger partial charge in [-0.25, -0.2) is 4.79 Å². The summed E-state index contributed by atoms with van der Waals surface area (Å²) in [5.74, 6) is -3.15. The van der Waals surface area contributed by atoms with Gasteiger partial charge < -0.3 is 37.6 Å². The van der Waals surface area contributed by atoms with Crippen LogP contribution in [0.4, 0.5) is 0 Å². The summed E-state index contributed by atoms with van der Waals surface area (Å²) in [6.07, 6.45) is 1.32. The van der Waals surface area contributed by atoms with Crippen molar-refractivity contribution in [2.45, 2.75) is 56.8 Å². The summed E-state index contributed by atoms with van der Waals surface area (Å²) < 4.78 is 0. The number of hydrogen-bond acceptors (Lipinski definition) is 8. The third-order valence-electron chi connectivity index (χ3n) is 4.80. The summed E-state index contributed by atoms with van der Waals surface area (Å²) in [6, 6.07) is 1.81. The first-order valence-corrected chi connectivity index (χ1v) is 11.2. The molecule has 11 nitrogen and oxygen atoms in total. The Bertz CT molecular complexity index is 805. The molecule has 0 fully saturated rings. The molecule has 33 heavy (non-hydrogen) atoms. The predicted molar refractivity (Wildman–Crippen MR) is 126 cm³/mol. The number of nitrogens with two attached hydrogens (primary N) is 2. The number of hydrogen-bond donors (Lipinski definition) is 8. The molecule has 1 aromatic carbocycles. The summed E-state index contributed by atoms with van der Waals surface area (Å²) in [5.41, 5.74) is 11.6. The first-order valence-electron chi connectivity index (χ1n) is 10.6. The standard InChI is InChI=1S/C21H33N5O6S/c1-12(23)18(28)26-17(11-33)20(30)25-16(10-13-5-7-14(27)8-6-13)19(29)24-15(21(31)32)4-2-3-9-22/h5-8,12,15-17,27,33H,2-4,9-11,22-23H2,1H3,(H,24,29)(H,25,30)(H,26,28)(H,31,32). The first kappa shape index (κ1) is 28.2. The number of aromatic hydroxyl groups is 1. The maximum atomic E-state index is 12.9. The van der Waals surface area contributed by atoms with Gasteiger partial charge in [0.15, 0.2) is 0 Å². The number of thiol groups is 1. The van der Waals surface area contributed by atoms with Crippen LogP contribution in [0.3, 0.4) is 0 Å². The molecule has 12 heteroatoms. The van der Waals surface area contributed by atoms with Crippen LogP contribution in [0.5, 0.6) is 5.75 Å². The number of carbonyl (C=O) groups is 4. The minimum atomic E-state index is -1.20. The lowest BCUT2D eigenvalue weighted by atomic mass is 10.0. The minimum Gasteiger partial charge on any atom is -0.508 e. The molecule has 9 N–H and O–H groups in total. The van der Waals surface area contributed by atoms with Crippen LogP contribution in [-0.2, 0) is 25.6 Å². The van der Waals surface area contributed by atoms with Crippen molar-refractivity contribution < 1.29 is 29.4 Å². The molecule has 0 bridgehead atoms. The topological polar surface area (TPSA) is 197 Å². The SMILES string of the molecule is CC(N)C(=O)NC(CS)C(=O)NC(Cc1ccc(O)cc1)C(=O)NC(CCCCN)C(=O)O. The van der Waals surface area contributed by atoms with E-state index in [1.807, 2.05) is 0 Å². The summed E-state index contributed by atoms with van der Waals surface area (Å²) in [6.45, 7) is 1.86. The maximum absolute atomic E-state index is 12.9. The lowest BCUT2D eigenvalue weighted by Crippen LogP contribution is -2.58. The normalized spacial score (nSPS) is 14.4. The second-order valence-electron chi connectivity index (χ2n) is 7.65. The van der Waals surface area contributed by atoms with Crippen molar-refractivity contribution in [1.82, 2.24) is 16.0 Å². The molecule has 0 saturated heterocycles. The van der Waals surface area contributed by atoms with Gasteiger partial charge in [0, 0.05) is 12.2 Å². The third-order valence-corrected chi connectivity index (χ3v) is 5.16. The van der Waals surface area contributed by atoms with Crippen LogP contribution in [0.2, 0.25) is 0 Å². The molecule has 1 rings (SSSR count). The highest BCUT2D eigenvalue weighted by atomic mass is 32.1. The Morgan fingerprint density at radius 1 is 0.939 bits per heavy atom. The lowest BCUT2D eigenvalue weighted by molar-refractivity contribution is -0.142. The molecule has 1 aromatic rings. The van der Waals surface area contributed by atoms with Crippen LogP contribution >= 0.6 is 12.6 Å². The summed E-state index contributed by atoms with van der Waals surface area (Å²) >= 11 is 4.08. The number of benzene rings is 1. The molecule has 0 heterocycles. The predicted octanol–water partition coefficient (Wildman–Crippen LogP) is -1.12. The van der Waals surface area contributed by atoms with Crippen LogP contribution < -0.4 is 27.4 Å². The smallest absolute Gasteiger partial charge is 0.326 e. The van der Waals surface area contributed by atoms with Crippen molar-refractivity contribution in [3.05, 3.63) is 29.8 Å². The monoisotopic (exact) mass is 483 g/mol. The van der Waals surface area contributed by atoms with Gasteiger partial charge in [-0.1, -0.05) is 12.1 Å². The number of unbranched alkanes of at least 4 members (excludes halogenated alkanes) is 1. The van der Waals surface area contributed by atoms with Gasteiger partial charge >= 0.3 is 5.97 Å². The molecule has 3 amide bonds. The van der Waals surface area contributed by atoms with Crippen molar-refractivity contribution in [2.24, 2.45) is 11.5 Å². The molecule has 4 unspecified atom stereocenters. The van der Waals surface area contributed by atoms with Crippen LogP contribution in [0.15, 0.2) is 24.3 Å². The molecule has 0 aromatic heterocycles. The first-order chi connectivity index (χ1) is 15.6. The van der Waals surface area contributed by atoms with E-state index in [4.69, 9.17) is 11.5 Å². The Hall–Kier alpha value is -2.83. The molecule has 0 aliphatic carbocycles. The van der Waals surface area contributed by atoms with Gasteiger partial charge in [-0.05, 0) is 50.4 Å². The van der Waals surface area contributed by atoms with E-state index in [1.165, 1.54) is 19.1 Å². The molecular formula is C21H33N5O6S. The fourth-order valence-electron chi connectivity index (χ4n) is 2.87. The Labute approximate surface area is 198 Å². The number of phenols is 1. The van der Waals surface area contributed by atoms with Gasteiger partial charge in [0.1, 0.15) is 23.9 Å². The Morgan fingerprint density at radius 2 is 1.48 bits per heavy atom. The summed E-state index contributed by atoms with van der Waals surface area (Å²) in [5, 5.41) is 26.4. The van der Waals surface area contributed by atoms with Gasteiger partial charge in [0.2, 0.25) is 17.7 Å². The molecule has 0 aliphatic rings. The van der Waals surface area contributed by atoms with Gasteiger partial charge in [-0.15, -0.1) is 0 Å². The highest BCUT2D eigenvalue weighted by molar-refractivity contribution is 7.80. The Balaban J connectivity index is 3.02. The van der Waals surface area contributed by atoms with E-state index in [9.17, 15) is 29.4 Å². The zero-order valence-corrected chi connectivity index (χ0v) is 19.4. The van der Waals surface area contributed by atoms with E-state index < -0.39 is 47.9 Å². The molecule has 0 radical (unpaired) electrons. The van der Waals surface area contributed by atoms with Gasteiger partial charge in [-0.3, -0.25) is 14.4 Å². The Kier molecular flexibility index (Phi) is 12.3. The van der Waals surface area contributed by atoms with Crippen molar-refractivity contribution in [2.75, 3.05) is 12.3 Å². The second kappa shape index (κ2) is 14.3. The number of carboxylic acids is 1. The fraction of sp³-hybridized carbons (Fsp3) is 0.524. The van der Waals surface area contributed by atoms with E-state index in [-0.39, 0.29) is 24.3 Å². The van der Waals surface area contributed by atoms with Crippen LogP contribution in [-0.4, -0.2) is 70.4 Å². The number of aliphatic carboxylic acids is 1. The molecule has 0 spiro atoms. The summed E-state index contributed by atoms with van der Waals surface area (Å²) in [4.78, 5) is 49.2. The van der Waals surface area contributed by atoms with Crippen molar-refractivity contribution in [3.8, 4) is 5.75 Å². The zero-order valence-electron chi connectivity index (χ0n) is 18.5. The van der Waals surface area contributed by atoms with Crippen molar-refractivity contribution >= 4 is 36.3 Å². The van der Waals surface area contributed by atoms with E-state index in [1.54, 1.807) is 12.1 Å². The molecule has 0 aliphatic heterocycles. The minimum absolute atomic E-state index is 0.0214. The van der Waals surface area contributed by atoms with Gasteiger partial charge in [-0.2, -0.15) is 12.6 Å². The molecule has 4 atom stereocenters. The van der Waals surface area contributed by atoms with Crippen molar-refractivity contribution in [1.29, 1.82) is 0 Å². The third kappa shape index (κ3) is 10.1. The molecule has 0 saturated carbocycles. The fourth-order valence-corrected chi connectivity index (χ4v) is 3.13. The summed E-state index contributed by atoms with van der Waals surface area (Å²) in [7, 11) is 0. The largest absolute Gasteiger partial charge is 0.508 e. The zero-order chi connectivity index (χ0) is 25.0.